The third-order valence-corrected chi connectivity index (χ3v) is 2.07. The molecule has 0 radical (unpaired) electrons. The van der Waals surface area contributed by atoms with Crippen molar-refractivity contribution < 1.29 is 9.59 Å². The Morgan fingerprint density at radius 1 is 1.24 bits per heavy atom. The Balaban J connectivity index is 2.01. The van der Waals surface area contributed by atoms with Crippen molar-refractivity contribution >= 4 is 23.7 Å². The summed E-state index contributed by atoms with van der Waals surface area (Å²) >= 11 is 0. The van der Waals surface area contributed by atoms with Crippen LogP contribution in [0.1, 0.15) is 10.5 Å². The number of carbonyl (C=O) groups excluding carboxylic acids is 2. The van der Waals surface area contributed by atoms with Gasteiger partial charge in [0.05, 0.1) is 11.9 Å². The van der Waals surface area contributed by atoms with E-state index >= 15 is 0 Å². The Hall–Kier alpha value is -2.63. The minimum absolute atomic E-state index is 0.230. The minimum atomic E-state index is -0.430. The van der Waals surface area contributed by atoms with Crippen LogP contribution in [0.25, 0.3) is 0 Å². The number of hydrogen-bond acceptors (Lipinski definition) is 3. The number of benzene rings is 1. The fourth-order valence-electron chi connectivity index (χ4n) is 1.29. The van der Waals surface area contributed by atoms with Gasteiger partial charge >= 0.3 is 6.03 Å². The molecule has 0 aliphatic rings. The molecular formula is C11H10N4O2. The number of H-pyrrole nitrogens is 1. The SMILES string of the molecule is O=Cc1[nH]ncc1NC(=O)Nc1ccccc1. The highest BCUT2D eigenvalue weighted by Gasteiger charge is 2.07. The van der Waals surface area contributed by atoms with Crippen LogP contribution in [-0.2, 0) is 0 Å². The number of amides is 2. The lowest BCUT2D eigenvalue weighted by Gasteiger charge is -2.05. The Bertz CT molecular complexity index is 521. The van der Waals surface area contributed by atoms with Crippen LogP contribution in [0.4, 0.5) is 16.2 Å². The largest absolute Gasteiger partial charge is 0.323 e. The van der Waals surface area contributed by atoms with Crippen LogP contribution in [-0.4, -0.2) is 22.5 Å². The van der Waals surface area contributed by atoms with Crippen LogP contribution in [0.5, 0.6) is 0 Å². The fraction of sp³-hybridized carbons (Fsp3) is 0. The van der Waals surface area contributed by atoms with E-state index in [1.165, 1.54) is 6.20 Å². The summed E-state index contributed by atoms with van der Waals surface area (Å²) in [7, 11) is 0. The standard InChI is InChI=1S/C11H10N4O2/c16-7-10-9(6-12-15-10)14-11(17)13-8-4-2-1-3-5-8/h1-7H,(H,12,15)(H2,13,14,17). The molecule has 0 spiro atoms. The number of aromatic nitrogens is 2. The maximum Gasteiger partial charge on any atom is 0.323 e. The lowest BCUT2D eigenvalue weighted by Crippen LogP contribution is -2.19. The van der Waals surface area contributed by atoms with Crippen molar-refractivity contribution in [3.05, 3.63) is 42.2 Å². The maximum absolute atomic E-state index is 11.6. The third-order valence-electron chi connectivity index (χ3n) is 2.07. The molecule has 0 bridgehead atoms. The zero-order valence-corrected chi connectivity index (χ0v) is 8.81. The van der Waals surface area contributed by atoms with Crippen LogP contribution in [0, 0.1) is 0 Å². The van der Waals surface area contributed by atoms with E-state index in [1.807, 2.05) is 18.2 Å². The van der Waals surface area contributed by atoms with Gasteiger partial charge in [0, 0.05) is 5.69 Å². The molecule has 2 rings (SSSR count). The van der Waals surface area contributed by atoms with Gasteiger partial charge in [-0.25, -0.2) is 4.79 Å². The zero-order chi connectivity index (χ0) is 12.1. The molecule has 2 amide bonds. The van der Waals surface area contributed by atoms with E-state index < -0.39 is 6.03 Å². The Kier molecular flexibility index (Phi) is 3.15. The maximum atomic E-state index is 11.6. The summed E-state index contributed by atoms with van der Waals surface area (Å²) in [6.07, 6.45) is 1.96. The smallest absolute Gasteiger partial charge is 0.308 e. The summed E-state index contributed by atoms with van der Waals surface area (Å²) in [6, 6.07) is 8.56. The van der Waals surface area contributed by atoms with Crippen LogP contribution in [0.15, 0.2) is 36.5 Å². The number of anilines is 2. The predicted molar refractivity (Wildman–Crippen MR) is 63.1 cm³/mol. The lowest BCUT2D eigenvalue weighted by atomic mass is 10.3. The highest BCUT2D eigenvalue weighted by molar-refractivity contribution is 6.01. The fourth-order valence-corrected chi connectivity index (χ4v) is 1.29. The number of urea groups is 1. The lowest BCUT2D eigenvalue weighted by molar-refractivity contribution is 0.112. The van der Waals surface area contributed by atoms with Crippen molar-refractivity contribution in [3.63, 3.8) is 0 Å². The van der Waals surface area contributed by atoms with Gasteiger partial charge in [-0.3, -0.25) is 9.89 Å². The van der Waals surface area contributed by atoms with Crippen molar-refractivity contribution in [3.8, 4) is 0 Å². The zero-order valence-electron chi connectivity index (χ0n) is 8.81. The summed E-state index contributed by atoms with van der Waals surface area (Å²) in [6.45, 7) is 0. The van der Waals surface area contributed by atoms with Crippen molar-refractivity contribution in [1.29, 1.82) is 0 Å². The molecule has 3 N–H and O–H groups in total. The van der Waals surface area contributed by atoms with Gasteiger partial charge in [-0.2, -0.15) is 5.10 Å². The number of nitrogens with zero attached hydrogens (tertiary/aromatic N) is 1. The van der Waals surface area contributed by atoms with Crippen LogP contribution >= 0.6 is 0 Å². The van der Waals surface area contributed by atoms with Gasteiger partial charge in [0.15, 0.2) is 6.29 Å². The molecule has 1 aromatic heterocycles. The second kappa shape index (κ2) is 4.93. The Morgan fingerprint density at radius 3 is 2.71 bits per heavy atom. The summed E-state index contributed by atoms with van der Waals surface area (Å²) in [5.41, 5.74) is 1.24. The number of para-hydroxylation sites is 1. The third kappa shape index (κ3) is 2.69. The van der Waals surface area contributed by atoms with Gasteiger partial charge in [-0.15, -0.1) is 0 Å². The molecule has 1 aromatic carbocycles. The monoisotopic (exact) mass is 230 g/mol. The number of nitrogens with one attached hydrogen (secondary N) is 3. The highest BCUT2D eigenvalue weighted by atomic mass is 16.2. The highest BCUT2D eigenvalue weighted by Crippen LogP contribution is 2.10. The first-order valence-electron chi connectivity index (χ1n) is 4.91. The predicted octanol–water partition coefficient (Wildman–Crippen LogP) is 1.87. The second-order valence-electron chi connectivity index (χ2n) is 3.26. The quantitative estimate of drug-likeness (QED) is 0.703. The summed E-state index contributed by atoms with van der Waals surface area (Å²) in [4.78, 5) is 22.2. The molecule has 0 fully saturated rings. The van der Waals surface area contributed by atoms with Crippen LogP contribution < -0.4 is 10.6 Å². The van der Waals surface area contributed by atoms with Gasteiger partial charge < -0.3 is 10.6 Å². The molecule has 6 nitrogen and oxygen atoms in total. The molecule has 17 heavy (non-hydrogen) atoms. The van der Waals surface area contributed by atoms with Gasteiger partial charge in [-0.1, -0.05) is 18.2 Å². The molecule has 0 aliphatic carbocycles. The number of aromatic amines is 1. The van der Waals surface area contributed by atoms with Crippen LogP contribution in [0.3, 0.4) is 0 Å². The van der Waals surface area contributed by atoms with Crippen molar-refractivity contribution in [2.24, 2.45) is 0 Å². The molecule has 0 aliphatic heterocycles. The van der Waals surface area contributed by atoms with Crippen molar-refractivity contribution in [2.45, 2.75) is 0 Å². The van der Waals surface area contributed by atoms with Crippen molar-refractivity contribution in [2.75, 3.05) is 10.6 Å². The van der Waals surface area contributed by atoms with E-state index in [-0.39, 0.29) is 5.69 Å². The summed E-state index contributed by atoms with van der Waals surface area (Å²) in [5.74, 6) is 0. The van der Waals surface area contributed by atoms with Gasteiger partial charge in [0.25, 0.3) is 0 Å². The molecule has 1 heterocycles. The minimum Gasteiger partial charge on any atom is -0.308 e. The van der Waals surface area contributed by atoms with Gasteiger partial charge in [-0.05, 0) is 12.1 Å². The molecular weight excluding hydrogens is 220 g/mol. The topological polar surface area (TPSA) is 86.9 Å². The molecule has 0 saturated heterocycles. The number of hydrogen-bond donors (Lipinski definition) is 3. The van der Waals surface area contributed by atoms with Crippen LogP contribution in [0.2, 0.25) is 0 Å². The van der Waals surface area contributed by atoms with Gasteiger partial charge in [0.2, 0.25) is 0 Å². The average molecular weight is 230 g/mol. The first-order valence-corrected chi connectivity index (χ1v) is 4.91. The summed E-state index contributed by atoms with van der Waals surface area (Å²) < 4.78 is 0. The van der Waals surface area contributed by atoms with E-state index in [0.717, 1.165) is 0 Å². The van der Waals surface area contributed by atoms with Gasteiger partial charge in [0.1, 0.15) is 5.69 Å². The van der Waals surface area contributed by atoms with E-state index in [2.05, 4.69) is 20.8 Å². The second-order valence-corrected chi connectivity index (χ2v) is 3.26. The molecule has 0 saturated carbocycles. The molecule has 6 heteroatoms. The first-order chi connectivity index (χ1) is 8.29. The number of rotatable bonds is 3. The number of aldehydes is 1. The molecule has 0 atom stereocenters. The average Bonchev–Trinajstić information content (AvgIpc) is 2.77. The Morgan fingerprint density at radius 2 is 2.00 bits per heavy atom. The Labute approximate surface area is 97.0 Å². The molecule has 0 unspecified atom stereocenters. The first kappa shape index (κ1) is 10.9. The molecule has 2 aromatic rings. The van der Waals surface area contributed by atoms with Crippen molar-refractivity contribution in [1.82, 2.24) is 10.2 Å². The number of carbonyl (C=O) groups is 2. The van der Waals surface area contributed by atoms with E-state index in [1.54, 1.807) is 12.1 Å². The van der Waals surface area contributed by atoms with E-state index in [9.17, 15) is 9.59 Å². The van der Waals surface area contributed by atoms with E-state index in [4.69, 9.17) is 0 Å². The van der Waals surface area contributed by atoms with E-state index in [0.29, 0.717) is 17.7 Å². The summed E-state index contributed by atoms with van der Waals surface area (Å²) in [5, 5.41) is 11.3. The molecule has 86 valence electrons. The normalized spacial score (nSPS) is 9.65.